The van der Waals surface area contributed by atoms with E-state index in [0.717, 1.165) is 23.3 Å². The Morgan fingerprint density at radius 1 is 1.14 bits per heavy atom. The van der Waals surface area contributed by atoms with E-state index >= 15 is 0 Å². The molecular weight excluding hydrogens is 372 g/mol. The van der Waals surface area contributed by atoms with Crippen LogP contribution in [-0.2, 0) is 9.59 Å². The number of carbonyl (C=O) groups excluding carboxylic acids is 2. The standard InChI is InChI=1S/C21H28N4O2S/c1-11(2)28-20-24-18-17(19(27)25-20)15(12-5-7-22-8-6-12)16-13(23-18)9-21(3,4)10-14(16)26/h5-8,11,15,17-18,20,23-24H,9-10H2,1-4H3,(H,25,27). The Hall–Kier alpha value is -1.86. The summed E-state index contributed by atoms with van der Waals surface area (Å²) in [4.78, 5) is 30.4. The number of thioether (sulfide) groups is 1. The topological polar surface area (TPSA) is 83.1 Å². The SMILES string of the molecule is CC(C)SC1NC(=O)C2C(NC3=C(C(=O)CC(C)(C)C3)C2c2ccncc2)N1. The molecule has 4 unspecified atom stereocenters. The van der Waals surface area contributed by atoms with Gasteiger partial charge < -0.3 is 10.6 Å². The molecule has 3 aliphatic rings. The van der Waals surface area contributed by atoms with Crippen LogP contribution in [0.3, 0.4) is 0 Å². The molecule has 1 fully saturated rings. The first-order chi connectivity index (χ1) is 13.2. The fourth-order valence-electron chi connectivity index (χ4n) is 4.64. The van der Waals surface area contributed by atoms with Gasteiger partial charge in [-0.2, -0.15) is 0 Å². The minimum Gasteiger partial charge on any atom is -0.372 e. The van der Waals surface area contributed by atoms with Crippen molar-refractivity contribution in [1.29, 1.82) is 0 Å². The average molecular weight is 401 g/mol. The van der Waals surface area contributed by atoms with Crippen molar-refractivity contribution in [2.24, 2.45) is 11.3 Å². The molecule has 4 atom stereocenters. The summed E-state index contributed by atoms with van der Waals surface area (Å²) in [5.41, 5.74) is 2.51. The number of pyridine rings is 1. The highest BCUT2D eigenvalue weighted by molar-refractivity contribution is 8.00. The van der Waals surface area contributed by atoms with E-state index in [1.54, 1.807) is 24.2 Å². The Kier molecular flexibility index (Phi) is 5.00. The van der Waals surface area contributed by atoms with Gasteiger partial charge in [-0.25, -0.2) is 0 Å². The lowest BCUT2D eigenvalue weighted by molar-refractivity contribution is -0.130. The Balaban J connectivity index is 1.77. The van der Waals surface area contributed by atoms with Crippen LogP contribution in [0.4, 0.5) is 0 Å². The molecule has 0 saturated carbocycles. The van der Waals surface area contributed by atoms with Gasteiger partial charge in [-0.3, -0.25) is 19.9 Å². The zero-order valence-corrected chi connectivity index (χ0v) is 17.6. The summed E-state index contributed by atoms with van der Waals surface area (Å²) in [5, 5.41) is 10.6. The Morgan fingerprint density at radius 2 is 1.86 bits per heavy atom. The Bertz CT molecular complexity index is 821. The third kappa shape index (κ3) is 3.57. The molecule has 1 aliphatic carbocycles. The van der Waals surface area contributed by atoms with Crippen molar-refractivity contribution in [2.45, 2.75) is 63.4 Å². The van der Waals surface area contributed by atoms with Crippen molar-refractivity contribution in [1.82, 2.24) is 20.9 Å². The number of fused-ring (bicyclic) bond motifs is 1. The van der Waals surface area contributed by atoms with Gasteiger partial charge in [-0.1, -0.05) is 27.7 Å². The molecular formula is C21H28N4O2S. The van der Waals surface area contributed by atoms with Gasteiger partial charge in [0.05, 0.1) is 12.1 Å². The van der Waals surface area contributed by atoms with Crippen molar-refractivity contribution < 1.29 is 9.59 Å². The summed E-state index contributed by atoms with van der Waals surface area (Å²) < 4.78 is 0. The Morgan fingerprint density at radius 3 is 2.54 bits per heavy atom. The van der Waals surface area contributed by atoms with Gasteiger partial charge in [0.2, 0.25) is 5.91 Å². The number of hydrogen-bond acceptors (Lipinski definition) is 6. The van der Waals surface area contributed by atoms with Gasteiger partial charge in [-0.05, 0) is 29.5 Å². The summed E-state index contributed by atoms with van der Waals surface area (Å²) in [5.74, 6) is -0.508. The smallest absolute Gasteiger partial charge is 0.229 e. The number of Topliss-reactive ketones (excluding diaryl/α,β-unsaturated/α-hetero) is 1. The van der Waals surface area contributed by atoms with E-state index in [1.165, 1.54) is 0 Å². The lowest BCUT2D eigenvalue weighted by Crippen LogP contribution is -2.68. The molecule has 6 nitrogen and oxygen atoms in total. The number of amides is 1. The van der Waals surface area contributed by atoms with E-state index in [9.17, 15) is 9.59 Å². The van der Waals surface area contributed by atoms with Gasteiger partial charge in [0.1, 0.15) is 5.50 Å². The second kappa shape index (κ2) is 7.19. The molecule has 4 rings (SSSR count). The van der Waals surface area contributed by atoms with Gasteiger partial charge in [-0.15, -0.1) is 11.8 Å². The third-order valence-electron chi connectivity index (χ3n) is 5.66. The molecule has 0 aromatic carbocycles. The van der Waals surface area contributed by atoms with Crippen LogP contribution in [0, 0.1) is 11.3 Å². The molecule has 0 spiro atoms. The second-order valence-electron chi connectivity index (χ2n) is 8.98. The molecule has 2 aliphatic heterocycles. The van der Waals surface area contributed by atoms with Crippen molar-refractivity contribution in [3.05, 3.63) is 41.4 Å². The van der Waals surface area contributed by atoms with Gasteiger partial charge in [0.15, 0.2) is 5.78 Å². The molecule has 0 bridgehead atoms. The molecule has 3 N–H and O–H groups in total. The van der Waals surface area contributed by atoms with Crippen LogP contribution in [0.1, 0.15) is 52.0 Å². The molecule has 0 radical (unpaired) electrons. The maximum Gasteiger partial charge on any atom is 0.229 e. The second-order valence-corrected chi connectivity index (χ2v) is 10.7. The predicted octanol–water partition coefficient (Wildman–Crippen LogP) is 2.50. The first-order valence-corrected chi connectivity index (χ1v) is 10.8. The molecule has 28 heavy (non-hydrogen) atoms. The van der Waals surface area contributed by atoms with Gasteiger partial charge in [0, 0.05) is 41.3 Å². The predicted molar refractivity (Wildman–Crippen MR) is 110 cm³/mol. The monoisotopic (exact) mass is 400 g/mol. The van der Waals surface area contributed by atoms with Gasteiger partial charge in [0.25, 0.3) is 0 Å². The van der Waals surface area contributed by atoms with E-state index in [-0.39, 0.29) is 40.6 Å². The first kappa shape index (κ1) is 19.5. The van der Waals surface area contributed by atoms with Crippen molar-refractivity contribution in [2.75, 3.05) is 0 Å². The molecule has 7 heteroatoms. The molecule has 3 heterocycles. The summed E-state index contributed by atoms with van der Waals surface area (Å²) in [6, 6.07) is 3.85. The molecule has 1 aromatic rings. The van der Waals surface area contributed by atoms with Crippen LogP contribution in [0.5, 0.6) is 0 Å². The third-order valence-corrected chi connectivity index (χ3v) is 6.73. The van der Waals surface area contributed by atoms with Gasteiger partial charge >= 0.3 is 0 Å². The lowest BCUT2D eigenvalue weighted by Gasteiger charge is -2.49. The van der Waals surface area contributed by atoms with Crippen molar-refractivity contribution in [3.8, 4) is 0 Å². The fraction of sp³-hybridized carbons (Fsp3) is 0.571. The quantitative estimate of drug-likeness (QED) is 0.723. The highest BCUT2D eigenvalue weighted by atomic mass is 32.2. The zero-order valence-electron chi connectivity index (χ0n) is 16.8. The minimum atomic E-state index is -0.379. The molecule has 150 valence electrons. The zero-order chi connectivity index (χ0) is 20.1. The minimum absolute atomic E-state index is 0.0135. The van der Waals surface area contributed by atoms with Crippen LogP contribution >= 0.6 is 11.8 Å². The maximum atomic E-state index is 13.2. The van der Waals surface area contributed by atoms with Crippen LogP contribution in [0.25, 0.3) is 0 Å². The average Bonchev–Trinajstić information content (AvgIpc) is 2.59. The molecule has 1 amide bonds. The first-order valence-electron chi connectivity index (χ1n) is 9.90. The lowest BCUT2D eigenvalue weighted by atomic mass is 9.66. The number of allylic oxidation sites excluding steroid dienone is 2. The number of hydrogen-bond donors (Lipinski definition) is 3. The highest BCUT2D eigenvalue weighted by Crippen LogP contribution is 2.47. The normalized spacial score (nSPS) is 31.8. The van der Waals surface area contributed by atoms with E-state index in [1.807, 2.05) is 12.1 Å². The highest BCUT2D eigenvalue weighted by Gasteiger charge is 2.50. The Labute approximate surface area is 170 Å². The van der Waals surface area contributed by atoms with Crippen molar-refractivity contribution in [3.63, 3.8) is 0 Å². The van der Waals surface area contributed by atoms with Crippen molar-refractivity contribution >= 4 is 23.5 Å². The largest absolute Gasteiger partial charge is 0.372 e. The summed E-state index contributed by atoms with van der Waals surface area (Å²) >= 11 is 1.69. The van der Waals surface area contributed by atoms with E-state index in [2.05, 4.69) is 48.6 Å². The number of nitrogens with one attached hydrogen (secondary N) is 3. The maximum absolute atomic E-state index is 13.2. The number of carbonyl (C=O) groups is 2. The summed E-state index contributed by atoms with van der Waals surface area (Å²) in [7, 11) is 0. The summed E-state index contributed by atoms with van der Waals surface area (Å²) in [6.07, 6.45) is 4.58. The van der Waals surface area contributed by atoms with Crippen LogP contribution in [-0.4, -0.2) is 33.6 Å². The number of rotatable bonds is 3. The number of ketones is 1. The van der Waals surface area contributed by atoms with E-state index < -0.39 is 0 Å². The molecule has 1 saturated heterocycles. The molecule has 1 aromatic heterocycles. The number of nitrogens with zero attached hydrogens (tertiary/aromatic N) is 1. The van der Waals surface area contributed by atoms with Crippen LogP contribution in [0.15, 0.2) is 35.8 Å². The summed E-state index contributed by atoms with van der Waals surface area (Å²) in [6.45, 7) is 8.48. The fourth-order valence-corrected chi connectivity index (χ4v) is 5.60. The van der Waals surface area contributed by atoms with Crippen LogP contribution < -0.4 is 16.0 Å². The van der Waals surface area contributed by atoms with E-state index in [4.69, 9.17) is 0 Å². The van der Waals surface area contributed by atoms with Crippen LogP contribution in [0.2, 0.25) is 0 Å². The van der Waals surface area contributed by atoms with E-state index in [0.29, 0.717) is 11.7 Å². The number of aromatic nitrogens is 1.